The van der Waals surface area contributed by atoms with Gasteiger partial charge in [0, 0.05) is 17.0 Å². The van der Waals surface area contributed by atoms with Crippen molar-refractivity contribution >= 4 is 29.2 Å². The molecule has 0 aliphatic heterocycles. The second-order valence-corrected chi connectivity index (χ2v) is 5.15. The molecule has 4 heteroatoms. The Morgan fingerprint density at radius 3 is 1.65 bits per heavy atom. The van der Waals surface area contributed by atoms with Crippen LogP contribution in [-0.4, -0.2) is 12.6 Å². The highest BCUT2D eigenvalue weighted by Crippen LogP contribution is 2.26. The lowest BCUT2D eigenvalue weighted by molar-refractivity contribution is -0.140. The van der Waals surface area contributed by atoms with Crippen LogP contribution in [0, 0.1) is 5.92 Å². The summed E-state index contributed by atoms with van der Waals surface area (Å²) in [5.74, 6) is 0.596. The van der Waals surface area contributed by atoms with Crippen LogP contribution in [-0.2, 0) is 9.53 Å². The van der Waals surface area contributed by atoms with Gasteiger partial charge in [-0.1, -0.05) is 47.5 Å². The quantitative estimate of drug-likeness (QED) is 0.776. The van der Waals surface area contributed by atoms with Gasteiger partial charge in [0.05, 0.1) is 5.92 Å². The smallest absolute Gasteiger partial charge is 0.302 e. The first-order valence-electron chi connectivity index (χ1n) is 6.07. The number of carbonyl (C=O) groups excluding carboxylic acids is 1. The van der Waals surface area contributed by atoms with Gasteiger partial charge in [-0.3, -0.25) is 4.79 Å². The zero-order chi connectivity index (χ0) is 14.5. The van der Waals surface area contributed by atoms with Crippen molar-refractivity contribution in [2.24, 2.45) is 0 Å². The second kappa shape index (κ2) is 6.78. The first-order valence-corrected chi connectivity index (χ1v) is 6.83. The largest absolute Gasteiger partial charge is 0.465 e. The lowest BCUT2D eigenvalue weighted by Crippen LogP contribution is -2.13. The summed E-state index contributed by atoms with van der Waals surface area (Å²) in [7, 11) is 0. The lowest BCUT2D eigenvalue weighted by Gasteiger charge is -2.17. The van der Waals surface area contributed by atoms with E-state index in [4.69, 9.17) is 27.9 Å². The van der Waals surface area contributed by atoms with E-state index in [1.165, 1.54) is 6.92 Å². The molecule has 0 fully saturated rings. The van der Waals surface area contributed by atoms with E-state index in [2.05, 4.69) is 0 Å². The van der Waals surface area contributed by atoms with Gasteiger partial charge in [-0.25, -0.2) is 0 Å². The number of benzene rings is 2. The maximum atomic E-state index is 11.0. The molecular formula is C16H13Cl2O2. The summed E-state index contributed by atoms with van der Waals surface area (Å²) in [6, 6.07) is 14.8. The standard InChI is InChI=1S/C16H13Cl2O2/c1-11(19)20-10-16(12-2-6-14(17)7-3-12)13-4-8-15(18)9-5-13/h2-9H,10H2,1H3. The lowest BCUT2D eigenvalue weighted by atomic mass is 9.92. The summed E-state index contributed by atoms with van der Waals surface area (Å²) in [4.78, 5) is 11.0. The highest BCUT2D eigenvalue weighted by molar-refractivity contribution is 6.30. The Hall–Kier alpha value is -1.51. The second-order valence-electron chi connectivity index (χ2n) is 4.27. The maximum absolute atomic E-state index is 11.0. The van der Waals surface area contributed by atoms with E-state index in [9.17, 15) is 4.79 Å². The highest BCUT2D eigenvalue weighted by atomic mass is 35.5. The average molecular weight is 308 g/mol. The zero-order valence-electron chi connectivity index (χ0n) is 10.9. The molecule has 2 nitrogen and oxygen atoms in total. The van der Waals surface area contributed by atoms with E-state index in [0.717, 1.165) is 17.0 Å². The molecule has 2 rings (SSSR count). The van der Waals surface area contributed by atoms with Crippen LogP contribution in [0.4, 0.5) is 0 Å². The third-order valence-electron chi connectivity index (χ3n) is 2.81. The Bertz CT molecular complexity index is 531. The van der Waals surface area contributed by atoms with E-state index in [-0.39, 0.29) is 12.6 Å². The predicted molar refractivity (Wildman–Crippen MR) is 81.0 cm³/mol. The van der Waals surface area contributed by atoms with Crippen molar-refractivity contribution in [1.29, 1.82) is 0 Å². The third kappa shape index (κ3) is 3.99. The summed E-state index contributed by atoms with van der Waals surface area (Å²) in [6.45, 7) is 1.60. The average Bonchev–Trinajstić information content (AvgIpc) is 2.42. The van der Waals surface area contributed by atoms with Crippen molar-refractivity contribution in [3.05, 3.63) is 75.6 Å². The molecule has 0 atom stereocenters. The summed E-state index contributed by atoms with van der Waals surface area (Å²) in [6.07, 6.45) is 0. The number of carbonyl (C=O) groups is 1. The topological polar surface area (TPSA) is 26.3 Å². The molecule has 0 bridgehead atoms. The van der Waals surface area contributed by atoms with Gasteiger partial charge < -0.3 is 4.74 Å². The maximum Gasteiger partial charge on any atom is 0.302 e. The molecule has 0 spiro atoms. The van der Waals surface area contributed by atoms with Gasteiger partial charge in [0.1, 0.15) is 6.61 Å². The minimum absolute atomic E-state index is 0.207. The molecule has 0 amide bonds. The van der Waals surface area contributed by atoms with E-state index < -0.39 is 0 Å². The Labute approximate surface area is 128 Å². The van der Waals surface area contributed by atoms with Crippen LogP contribution in [0.3, 0.4) is 0 Å². The van der Waals surface area contributed by atoms with Crippen molar-refractivity contribution in [2.75, 3.05) is 6.61 Å². The van der Waals surface area contributed by atoms with Crippen molar-refractivity contribution in [3.63, 3.8) is 0 Å². The Morgan fingerprint density at radius 1 is 0.900 bits per heavy atom. The highest BCUT2D eigenvalue weighted by Gasteiger charge is 2.17. The number of rotatable bonds is 4. The fourth-order valence-electron chi connectivity index (χ4n) is 1.81. The van der Waals surface area contributed by atoms with Gasteiger partial charge in [0.2, 0.25) is 0 Å². The summed E-state index contributed by atoms with van der Waals surface area (Å²) >= 11 is 11.8. The molecule has 0 unspecified atom stereocenters. The van der Waals surface area contributed by atoms with Gasteiger partial charge in [0.25, 0.3) is 0 Å². The Morgan fingerprint density at radius 2 is 1.30 bits per heavy atom. The minimum atomic E-state index is -0.314. The Kier molecular flexibility index (Phi) is 5.05. The number of esters is 1. The normalized spacial score (nSPS) is 10.6. The third-order valence-corrected chi connectivity index (χ3v) is 3.31. The molecule has 0 aliphatic rings. The number of ether oxygens (including phenoxy) is 1. The molecule has 0 N–H and O–H groups in total. The van der Waals surface area contributed by atoms with Crippen molar-refractivity contribution in [3.8, 4) is 0 Å². The van der Waals surface area contributed by atoms with Crippen LogP contribution >= 0.6 is 23.2 Å². The predicted octanol–water partition coefficient (Wildman–Crippen LogP) is 4.53. The van der Waals surface area contributed by atoms with Gasteiger partial charge in [0.15, 0.2) is 0 Å². The monoisotopic (exact) mass is 307 g/mol. The van der Waals surface area contributed by atoms with Crippen LogP contribution in [0.2, 0.25) is 10.0 Å². The first-order chi connectivity index (χ1) is 9.56. The van der Waals surface area contributed by atoms with E-state index in [1.807, 2.05) is 24.3 Å². The van der Waals surface area contributed by atoms with Crippen LogP contribution in [0.15, 0.2) is 48.5 Å². The zero-order valence-corrected chi connectivity index (χ0v) is 12.4. The first kappa shape index (κ1) is 14.9. The van der Waals surface area contributed by atoms with Crippen LogP contribution in [0.5, 0.6) is 0 Å². The summed E-state index contributed by atoms with van der Waals surface area (Å²) in [5, 5.41) is 1.33. The Balaban J connectivity index is 2.30. The van der Waals surface area contributed by atoms with E-state index >= 15 is 0 Å². The number of hydrogen-bond acceptors (Lipinski definition) is 2. The van der Waals surface area contributed by atoms with Crippen LogP contribution < -0.4 is 0 Å². The molecule has 103 valence electrons. The fraction of sp³-hybridized carbons (Fsp3) is 0.125. The molecule has 2 aromatic carbocycles. The van der Waals surface area contributed by atoms with E-state index in [0.29, 0.717) is 10.0 Å². The van der Waals surface area contributed by atoms with Gasteiger partial charge in [-0.15, -0.1) is 0 Å². The molecule has 1 radical (unpaired) electrons. The molecule has 20 heavy (non-hydrogen) atoms. The SMILES string of the molecule is CC(=O)OC[C](c1ccc(Cl)cc1)c1ccc(Cl)cc1. The fourth-order valence-corrected chi connectivity index (χ4v) is 2.06. The summed E-state index contributed by atoms with van der Waals surface area (Å²) < 4.78 is 5.13. The van der Waals surface area contributed by atoms with Gasteiger partial charge >= 0.3 is 5.97 Å². The molecule has 0 heterocycles. The van der Waals surface area contributed by atoms with Crippen molar-refractivity contribution < 1.29 is 9.53 Å². The summed E-state index contributed by atoms with van der Waals surface area (Å²) in [5.41, 5.74) is 1.91. The molecule has 0 saturated carbocycles. The molecular weight excluding hydrogens is 295 g/mol. The molecule has 0 aliphatic carbocycles. The molecule has 0 saturated heterocycles. The van der Waals surface area contributed by atoms with Crippen molar-refractivity contribution in [1.82, 2.24) is 0 Å². The van der Waals surface area contributed by atoms with Crippen molar-refractivity contribution in [2.45, 2.75) is 6.92 Å². The minimum Gasteiger partial charge on any atom is -0.465 e. The van der Waals surface area contributed by atoms with Gasteiger partial charge in [-0.2, -0.15) is 0 Å². The molecule has 2 aromatic rings. The van der Waals surface area contributed by atoms with Gasteiger partial charge in [-0.05, 0) is 35.4 Å². The van der Waals surface area contributed by atoms with Crippen LogP contribution in [0.1, 0.15) is 18.1 Å². The van der Waals surface area contributed by atoms with Crippen LogP contribution in [0.25, 0.3) is 0 Å². The van der Waals surface area contributed by atoms with E-state index in [1.54, 1.807) is 24.3 Å². The molecule has 0 aromatic heterocycles. The number of halogens is 2. The number of hydrogen-bond donors (Lipinski definition) is 0.